The number of nitrogens with one attached hydrogen (secondary N) is 1. The number of guanidine groups is 1. The first-order chi connectivity index (χ1) is 7.41. The summed E-state index contributed by atoms with van der Waals surface area (Å²) >= 11 is 0. The summed E-state index contributed by atoms with van der Waals surface area (Å²) in [7, 11) is -1.37. The van der Waals surface area contributed by atoms with Gasteiger partial charge < -0.3 is 15.8 Å². The maximum Gasteiger partial charge on any atom is 0.188 e. The van der Waals surface area contributed by atoms with Crippen molar-refractivity contribution in [2.75, 3.05) is 31.8 Å². The van der Waals surface area contributed by atoms with E-state index in [-0.39, 0.29) is 54.0 Å². The summed E-state index contributed by atoms with van der Waals surface area (Å²) in [6.45, 7) is 4.22. The van der Waals surface area contributed by atoms with Crippen LogP contribution in [0.5, 0.6) is 0 Å². The summed E-state index contributed by atoms with van der Waals surface area (Å²) in [5, 5.41) is 2.89. The van der Waals surface area contributed by atoms with Crippen LogP contribution in [0.2, 0.25) is 0 Å². The van der Waals surface area contributed by atoms with Gasteiger partial charge in [0.25, 0.3) is 0 Å². The number of sulfone groups is 1. The first-order valence-electron chi connectivity index (χ1n) is 5.17. The van der Waals surface area contributed by atoms with Crippen molar-refractivity contribution in [1.82, 2.24) is 5.32 Å². The highest BCUT2D eigenvalue weighted by molar-refractivity contribution is 14.0. The lowest BCUT2D eigenvalue weighted by Crippen LogP contribution is -2.40. The fraction of sp³-hybridized carbons (Fsp3) is 0.889. The molecular weight excluding hydrogens is 357 g/mol. The fourth-order valence-corrected chi connectivity index (χ4v) is 1.70. The Hall–Kier alpha value is -0.0900. The molecule has 0 saturated heterocycles. The molecule has 0 amide bonds. The Bertz CT molecular complexity index is 319. The Kier molecular flexibility index (Phi) is 11.2. The summed E-state index contributed by atoms with van der Waals surface area (Å²) in [6.07, 6.45) is 0. The van der Waals surface area contributed by atoms with Crippen molar-refractivity contribution in [2.24, 2.45) is 10.7 Å². The molecule has 0 bridgehead atoms. The van der Waals surface area contributed by atoms with Gasteiger partial charge in [-0.3, -0.25) is 4.99 Å². The lowest BCUT2D eigenvalue weighted by molar-refractivity contribution is 0.179. The molecule has 0 saturated carbocycles. The van der Waals surface area contributed by atoms with Gasteiger partial charge in [-0.1, -0.05) is 6.92 Å². The minimum atomic E-state index is -2.97. The van der Waals surface area contributed by atoms with Crippen molar-refractivity contribution < 1.29 is 13.2 Å². The molecule has 17 heavy (non-hydrogen) atoms. The van der Waals surface area contributed by atoms with E-state index in [2.05, 4.69) is 10.3 Å². The molecule has 0 aliphatic heterocycles. The third kappa shape index (κ3) is 10.8. The average Bonchev–Trinajstić information content (AvgIpc) is 2.17. The van der Waals surface area contributed by atoms with Gasteiger partial charge in [-0.2, -0.15) is 0 Å². The fourth-order valence-electron chi connectivity index (χ4n) is 1.04. The van der Waals surface area contributed by atoms with Crippen LogP contribution in [0, 0.1) is 0 Å². The van der Waals surface area contributed by atoms with Crippen LogP contribution >= 0.6 is 24.0 Å². The second kappa shape index (κ2) is 9.89. The van der Waals surface area contributed by atoms with Gasteiger partial charge >= 0.3 is 0 Å². The summed E-state index contributed by atoms with van der Waals surface area (Å²) in [6, 6.07) is 0.0523. The van der Waals surface area contributed by atoms with Crippen molar-refractivity contribution in [3.05, 3.63) is 0 Å². The van der Waals surface area contributed by atoms with Gasteiger partial charge in [0, 0.05) is 18.9 Å². The van der Waals surface area contributed by atoms with E-state index in [9.17, 15) is 8.42 Å². The Morgan fingerprint density at radius 3 is 2.59 bits per heavy atom. The monoisotopic (exact) mass is 379 g/mol. The zero-order valence-corrected chi connectivity index (χ0v) is 13.6. The van der Waals surface area contributed by atoms with Crippen molar-refractivity contribution in [1.29, 1.82) is 0 Å². The number of ether oxygens (including phenoxy) is 1. The molecule has 3 N–H and O–H groups in total. The second-order valence-corrected chi connectivity index (χ2v) is 5.98. The molecule has 0 rings (SSSR count). The van der Waals surface area contributed by atoms with E-state index in [1.807, 2.05) is 6.92 Å². The zero-order valence-electron chi connectivity index (χ0n) is 10.5. The lowest BCUT2D eigenvalue weighted by atomic mass is 10.4. The van der Waals surface area contributed by atoms with Gasteiger partial charge in [0.15, 0.2) is 15.8 Å². The molecule has 104 valence electrons. The van der Waals surface area contributed by atoms with Crippen molar-refractivity contribution >= 4 is 39.8 Å². The highest BCUT2D eigenvalue weighted by atomic mass is 127. The smallest absolute Gasteiger partial charge is 0.188 e. The van der Waals surface area contributed by atoms with Gasteiger partial charge in [-0.15, -0.1) is 24.0 Å². The Labute approximate surface area is 120 Å². The molecule has 0 aliphatic rings. The van der Waals surface area contributed by atoms with Crippen LogP contribution in [0.1, 0.15) is 13.8 Å². The average molecular weight is 379 g/mol. The second-order valence-electron chi connectivity index (χ2n) is 3.50. The van der Waals surface area contributed by atoms with Crippen LogP contribution in [0.3, 0.4) is 0 Å². The quantitative estimate of drug-likeness (QED) is 0.368. The summed E-state index contributed by atoms with van der Waals surface area (Å²) in [4.78, 5) is 3.93. The molecule has 1 atom stereocenters. The maximum absolute atomic E-state index is 11.2. The number of halogens is 1. The van der Waals surface area contributed by atoms with Gasteiger partial charge in [0.1, 0.15) is 0 Å². The normalized spacial score (nSPS) is 13.9. The van der Waals surface area contributed by atoms with E-state index in [1.54, 1.807) is 14.0 Å². The first-order valence-corrected chi connectivity index (χ1v) is 6.99. The number of rotatable bonds is 7. The molecule has 1 unspecified atom stereocenters. The minimum absolute atomic E-state index is 0. The van der Waals surface area contributed by atoms with E-state index in [1.165, 1.54) is 0 Å². The zero-order chi connectivity index (χ0) is 12.6. The third-order valence-corrected chi connectivity index (χ3v) is 3.62. The van der Waals surface area contributed by atoms with E-state index in [4.69, 9.17) is 10.5 Å². The number of methoxy groups -OCH3 is 1. The summed E-state index contributed by atoms with van der Waals surface area (Å²) in [5.74, 6) is 0.413. The molecule has 0 fully saturated rings. The van der Waals surface area contributed by atoms with Crippen LogP contribution in [0.4, 0.5) is 0 Å². The third-order valence-electron chi connectivity index (χ3n) is 1.94. The molecule has 0 aromatic rings. The predicted octanol–water partition coefficient (Wildman–Crippen LogP) is -0.0217. The maximum atomic E-state index is 11.2. The molecule has 0 aromatic carbocycles. The van der Waals surface area contributed by atoms with E-state index in [0.717, 1.165) is 0 Å². The van der Waals surface area contributed by atoms with Crippen LogP contribution in [-0.2, 0) is 14.6 Å². The molecule has 0 heterocycles. The number of aliphatic imine (C=N–C) groups is 1. The van der Waals surface area contributed by atoms with Crippen LogP contribution < -0.4 is 11.1 Å². The number of nitrogens with zero attached hydrogens (tertiary/aromatic N) is 1. The van der Waals surface area contributed by atoms with Gasteiger partial charge in [-0.25, -0.2) is 8.42 Å². The summed E-state index contributed by atoms with van der Waals surface area (Å²) in [5.41, 5.74) is 5.56. The molecule has 8 heteroatoms. The molecular formula is C9H22IN3O3S. The molecule has 0 radical (unpaired) electrons. The molecule has 0 spiro atoms. The Morgan fingerprint density at radius 1 is 1.53 bits per heavy atom. The highest BCUT2D eigenvalue weighted by Crippen LogP contribution is 1.89. The molecule has 0 aliphatic carbocycles. The number of nitrogens with two attached hydrogens (primary N) is 1. The van der Waals surface area contributed by atoms with Crippen LogP contribution in [0.15, 0.2) is 4.99 Å². The SMILES string of the molecule is CCS(=O)(=O)CCN=C(N)NC(C)COC.I. The highest BCUT2D eigenvalue weighted by Gasteiger charge is 2.06. The van der Waals surface area contributed by atoms with Gasteiger partial charge in [0.05, 0.1) is 18.9 Å². The predicted molar refractivity (Wildman–Crippen MR) is 80.7 cm³/mol. The van der Waals surface area contributed by atoms with Crippen LogP contribution in [-0.4, -0.2) is 52.2 Å². The Morgan fingerprint density at radius 2 is 2.12 bits per heavy atom. The largest absolute Gasteiger partial charge is 0.383 e. The van der Waals surface area contributed by atoms with E-state index < -0.39 is 9.84 Å². The van der Waals surface area contributed by atoms with E-state index in [0.29, 0.717) is 6.61 Å². The number of hydrogen-bond acceptors (Lipinski definition) is 4. The van der Waals surface area contributed by atoms with Gasteiger partial charge in [-0.05, 0) is 6.92 Å². The van der Waals surface area contributed by atoms with Crippen molar-refractivity contribution in [3.8, 4) is 0 Å². The van der Waals surface area contributed by atoms with Crippen molar-refractivity contribution in [3.63, 3.8) is 0 Å². The van der Waals surface area contributed by atoms with E-state index >= 15 is 0 Å². The minimum Gasteiger partial charge on any atom is -0.383 e. The first kappa shape index (κ1) is 19.3. The van der Waals surface area contributed by atoms with Crippen LogP contribution in [0.25, 0.3) is 0 Å². The Balaban J connectivity index is 0. The van der Waals surface area contributed by atoms with Gasteiger partial charge in [0.2, 0.25) is 0 Å². The molecule has 0 aromatic heterocycles. The standard InChI is InChI=1S/C9H21N3O3S.HI/c1-4-16(13,14)6-5-11-9(10)12-8(2)7-15-3;/h8H,4-7H2,1-3H3,(H3,10,11,12);1H. The lowest BCUT2D eigenvalue weighted by Gasteiger charge is -2.12. The number of hydrogen-bond donors (Lipinski definition) is 2. The van der Waals surface area contributed by atoms with Crippen molar-refractivity contribution in [2.45, 2.75) is 19.9 Å². The summed E-state index contributed by atoms with van der Waals surface area (Å²) < 4.78 is 27.2. The molecule has 6 nitrogen and oxygen atoms in total. The topological polar surface area (TPSA) is 93.8 Å².